The van der Waals surface area contributed by atoms with Crippen LogP contribution in [0.25, 0.3) is 0 Å². The van der Waals surface area contributed by atoms with Gasteiger partial charge in [-0.05, 0) is 48.5 Å². The third kappa shape index (κ3) is 5.01. The van der Waals surface area contributed by atoms with Crippen molar-refractivity contribution in [2.24, 2.45) is 5.41 Å². The monoisotopic (exact) mass is 377 g/mol. The Labute approximate surface area is 164 Å². The number of hydrogen-bond donors (Lipinski definition) is 0. The highest BCUT2D eigenvalue weighted by molar-refractivity contribution is 7.97. The molecular weight excluding hydrogens is 352 g/mol. The van der Waals surface area contributed by atoms with E-state index < -0.39 is 0 Å². The van der Waals surface area contributed by atoms with Gasteiger partial charge in [-0.25, -0.2) is 0 Å². The highest BCUT2D eigenvalue weighted by Gasteiger charge is 2.28. The number of carbonyl (C=O) groups excluding carboxylic acids is 1. The van der Waals surface area contributed by atoms with Crippen LogP contribution in [-0.2, 0) is 15.7 Å². The van der Waals surface area contributed by atoms with E-state index in [1.807, 2.05) is 45.0 Å². The van der Waals surface area contributed by atoms with Crippen molar-refractivity contribution in [1.29, 1.82) is 0 Å². The number of rotatable bonds is 6. The van der Waals surface area contributed by atoms with E-state index in [0.717, 1.165) is 5.75 Å². The second-order valence-electron chi connectivity index (χ2n) is 7.37. The molecule has 138 valence electrons. The highest BCUT2D eigenvalue weighted by Crippen LogP contribution is 2.32. The van der Waals surface area contributed by atoms with Crippen LogP contribution in [0.15, 0.2) is 99.6 Å². The van der Waals surface area contributed by atoms with Gasteiger partial charge in [-0.3, -0.25) is 4.79 Å². The summed E-state index contributed by atoms with van der Waals surface area (Å²) in [6.45, 7) is 5.83. The maximum absolute atomic E-state index is 12.1. The van der Waals surface area contributed by atoms with Crippen LogP contribution in [0.1, 0.15) is 20.8 Å². The zero-order valence-electron chi connectivity index (χ0n) is 16.0. The molecule has 0 unspecified atom stereocenters. The van der Waals surface area contributed by atoms with Crippen molar-refractivity contribution in [3.05, 3.63) is 84.9 Å². The molecule has 0 bridgehead atoms. The van der Waals surface area contributed by atoms with Crippen LogP contribution in [0, 0.1) is 5.41 Å². The lowest BCUT2D eigenvalue weighted by atomic mass is 9.91. The van der Waals surface area contributed by atoms with Crippen molar-refractivity contribution in [3.63, 3.8) is 0 Å². The molecule has 3 aromatic rings. The summed E-state index contributed by atoms with van der Waals surface area (Å²) in [5, 5.41) is 0. The van der Waals surface area contributed by atoms with Crippen molar-refractivity contribution in [2.75, 3.05) is 6.61 Å². The minimum Gasteiger partial charge on any atom is -0.486 e. The fourth-order valence-corrected chi connectivity index (χ4v) is 4.64. The molecule has 2 nitrogen and oxygen atoms in total. The second-order valence-corrected chi connectivity index (χ2v) is 9.39. The first-order valence-corrected chi connectivity index (χ1v) is 10.3. The van der Waals surface area contributed by atoms with Gasteiger partial charge in [0, 0.05) is 5.41 Å². The highest BCUT2D eigenvalue weighted by atomic mass is 32.2. The largest absolute Gasteiger partial charge is 0.486 e. The molecule has 0 aliphatic heterocycles. The average molecular weight is 378 g/mol. The van der Waals surface area contributed by atoms with E-state index in [9.17, 15) is 4.79 Å². The first-order valence-electron chi connectivity index (χ1n) is 9.06. The molecule has 0 aliphatic rings. The van der Waals surface area contributed by atoms with E-state index in [-0.39, 0.29) is 28.7 Å². The van der Waals surface area contributed by atoms with Gasteiger partial charge >= 0.3 is 0 Å². The summed E-state index contributed by atoms with van der Waals surface area (Å²) in [5.74, 6) is 0.820. The number of ether oxygens (including phenoxy) is 1. The van der Waals surface area contributed by atoms with Crippen LogP contribution in [0.2, 0.25) is 0 Å². The molecule has 0 atom stereocenters. The predicted octanol–water partition coefficient (Wildman–Crippen LogP) is 5.78. The van der Waals surface area contributed by atoms with E-state index in [0.29, 0.717) is 0 Å². The third-order valence-electron chi connectivity index (χ3n) is 4.22. The van der Waals surface area contributed by atoms with Gasteiger partial charge in [0.15, 0.2) is 20.5 Å². The van der Waals surface area contributed by atoms with Crippen molar-refractivity contribution in [1.82, 2.24) is 0 Å². The van der Waals surface area contributed by atoms with Gasteiger partial charge in [-0.1, -0.05) is 57.2 Å². The second kappa shape index (κ2) is 8.45. The molecular formula is C24H25O2S+. The molecule has 0 heterocycles. The Bertz CT molecular complexity index is 826. The van der Waals surface area contributed by atoms with E-state index >= 15 is 0 Å². The molecule has 3 rings (SSSR count). The summed E-state index contributed by atoms with van der Waals surface area (Å²) in [7, 11) is -0.172. The normalized spacial score (nSPS) is 11.4. The molecule has 3 aromatic carbocycles. The Morgan fingerprint density at radius 2 is 1.19 bits per heavy atom. The van der Waals surface area contributed by atoms with Gasteiger partial charge < -0.3 is 4.74 Å². The molecule has 0 saturated heterocycles. The molecule has 0 aromatic heterocycles. The number of ketones is 1. The summed E-state index contributed by atoms with van der Waals surface area (Å²) < 4.78 is 5.69. The Morgan fingerprint density at radius 3 is 1.63 bits per heavy atom. The SMILES string of the molecule is CC(C)(C)C(=O)COc1ccc([S+](c2ccccc2)c2ccccc2)cc1. The van der Waals surface area contributed by atoms with Crippen molar-refractivity contribution in [3.8, 4) is 5.75 Å². The molecule has 0 saturated carbocycles. The molecule has 0 fully saturated rings. The third-order valence-corrected chi connectivity index (χ3v) is 6.45. The number of Topliss-reactive ketones (excluding diaryl/α,β-unsaturated/α-hetero) is 1. The topological polar surface area (TPSA) is 26.3 Å². The van der Waals surface area contributed by atoms with E-state index in [2.05, 4.69) is 60.7 Å². The maximum atomic E-state index is 12.1. The summed E-state index contributed by atoms with van der Waals surface area (Å²) in [6.07, 6.45) is 0. The first kappa shape index (κ1) is 19.2. The molecule has 0 radical (unpaired) electrons. The molecule has 0 amide bonds. The molecule has 0 N–H and O–H groups in total. The predicted molar refractivity (Wildman–Crippen MR) is 111 cm³/mol. The smallest absolute Gasteiger partial charge is 0.175 e. The van der Waals surface area contributed by atoms with Crippen LogP contribution in [0.5, 0.6) is 5.75 Å². The Balaban J connectivity index is 1.83. The first-order chi connectivity index (χ1) is 12.9. The van der Waals surface area contributed by atoms with Crippen LogP contribution in [0.4, 0.5) is 0 Å². The Hall–Kier alpha value is -2.52. The Morgan fingerprint density at radius 1 is 0.741 bits per heavy atom. The van der Waals surface area contributed by atoms with Crippen molar-refractivity contribution < 1.29 is 9.53 Å². The lowest BCUT2D eigenvalue weighted by Gasteiger charge is -2.16. The standard InChI is InChI=1S/C24H25O2S/c1-24(2,3)23(25)18-26-19-14-16-22(17-15-19)27(20-10-6-4-7-11-20)21-12-8-5-9-13-21/h4-17H,18H2,1-3H3/q+1. The number of hydrogen-bond acceptors (Lipinski definition) is 2. The minimum atomic E-state index is -0.382. The van der Waals surface area contributed by atoms with Crippen LogP contribution < -0.4 is 4.74 Å². The lowest BCUT2D eigenvalue weighted by molar-refractivity contribution is -0.128. The van der Waals surface area contributed by atoms with Gasteiger partial charge in [0.25, 0.3) is 0 Å². The van der Waals surface area contributed by atoms with Crippen molar-refractivity contribution in [2.45, 2.75) is 35.5 Å². The summed E-state index contributed by atoms with van der Waals surface area (Å²) in [6, 6.07) is 29.2. The molecule has 3 heteroatoms. The Kier molecular flexibility index (Phi) is 6.02. The van der Waals surface area contributed by atoms with Crippen molar-refractivity contribution >= 4 is 16.7 Å². The summed E-state index contributed by atoms with van der Waals surface area (Å²) in [4.78, 5) is 15.8. The molecule has 0 aliphatic carbocycles. The van der Waals surface area contributed by atoms with Gasteiger partial charge in [0.2, 0.25) is 0 Å². The molecule has 27 heavy (non-hydrogen) atoms. The van der Waals surface area contributed by atoms with E-state index in [4.69, 9.17) is 4.74 Å². The van der Waals surface area contributed by atoms with E-state index in [1.54, 1.807) is 0 Å². The average Bonchev–Trinajstić information content (AvgIpc) is 2.68. The van der Waals surface area contributed by atoms with Gasteiger partial charge in [0.1, 0.15) is 12.4 Å². The van der Waals surface area contributed by atoms with Crippen LogP contribution in [0.3, 0.4) is 0 Å². The number of benzene rings is 3. The van der Waals surface area contributed by atoms with Gasteiger partial charge in [-0.2, -0.15) is 0 Å². The van der Waals surface area contributed by atoms with Gasteiger partial charge in [0.05, 0.1) is 10.9 Å². The quantitative estimate of drug-likeness (QED) is 0.509. The summed E-state index contributed by atoms with van der Waals surface area (Å²) in [5.41, 5.74) is -0.382. The molecule has 0 spiro atoms. The van der Waals surface area contributed by atoms with E-state index in [1.165, 1.54) is 14.7 Å². The maximum Gasteiger partial charge on any atom is 0.175 e. The fourth-order valence-electron chi connectivity index (χ4n) is 2.56. The lowest BCUT2D eigenvalue weighted by Crippen LogP contribution is -2.26. The number of carbonyl (C=O) groups is 1. The summed E-state index contributed by atoms with van der Waals surface area (Å²) >= 11 is 0. The van der Waals surface area contributed by atoms with Crippen LogP contribution in [-0.4, -0.2) is 12.4 Å². The minimum absolute atomic E-state index is 0.0971. The fraction of sp³-hybridized carbons (Fsp3) is 0.208. The van der Waals surface area contributed by atoms with Crippen LogP contribution >= 0.6 is 0 Å². The zero-order valence-corrected chi connectivity index (χ0v) is 16.8. The van der Waals surface area contributed by atoms with Gasteiger partial charge in [-0.15, -0.1) is 0 Å². The zero-order chi connectivity index (χ0) is 19.3.